The molecule has 0 heterocycles. The second-order valence-electron chi connectivity index (χ2n) is 18.3. The summed E-state index contributed by atoms with van der Waals surface area (Å²) >= 11 is 6.26. The first-order valence-electron chi connectivity index (χ1n) is 20.5. The molecule has 2 saturated carbocycles. The van der Waals surface area contributed by atoms with Crippen LogP contribution < -0.4 is 10.6 Å². The number of Topliss-reactive ketones (excluding diaryl/α,β-unsaturated/α-hetero) is 1. The highest BCUT2D eigenvalue weighted by Gasteiger charge is 2.75. The van der Waals surface area contributed by atoms with Crippen molar-refractivity contribution in [2.75, 3.05) is 6.61 Å². The molecule has 63 heavy (non-hydrogen) atoms. The van der Waals surface area contributed by atoms with E-state index in [0.717, 1.165) is 13.8 Å². The van der Waals surface area contributed by atoms with E-state index >= 15 is 4.79 Å². The van der Waals surface area contributed by atoms with Gasteiger partial charge in [0.1, 0.15) is 11.7 Å². The van der Waals surface area contributed by atoms with E-state index in [2.05, 4.69) is 10.6 Å². The third kappa shape index (κ3) is 9.09. The fourth-order valence-electron chi connectivity index (χ4n) is 9.74. The second kappa shape index (κ2) is 17.9. The number of aliphatic hydroxyl groups excluding tert-OH is 4. The number of ketones is 1. The van der Waals surface area contributed by atoms with Crippen molar-refractivity contribution in [1.29, 1.82) is 0 Å². The molecule has 18 heteroatoms. The Labute approximate surface area is 370 Å². The van der Waals surface area contributed by atoms with E-state index in [0.29, 0.717) is 0 Å². The zero-order chi connectivity index (χ0) is 47.2. The molecule has 0 unspecified atom stereocenters. The van der Waals surface area contributed by atoms with Crippen LogP contribution in [0.3, 0.4) is 0 Å². The summed E-state index contributed by atoms with van der Waals surface area (Å²) in [6.45, 7) is 11.3. The highest BCUT2D eigenvalue weighted by atomic mass is 35.5. The average Bonchev–Trinajstić information content (AvgIpc) is 3.18. The Morgan fingerprint density at radius 1 is 0.937 bits per heavy atom. The van der Waals surface area contributed by atoms with Gasteiger partial charge in [0, 0.05) is 48.6 Å². The first-order chi connectivity index (χ1) is 29.2. The summed E-state index contributed by atoms with van der Waals surface area (Å²) in [6.07, 6.45) is -11.8. The lowest BCUT2D eigenvalue weighted by atomic mass is 9.44. The van der Waals surface area contributed by atoms with Crippen LogP contribution in [-0.4, -0.2) is 121 Å². The monoisotopic (exact) mass is 900 g/mol. The smallest absolute Gasteiger partial charge is 0.408 e. The molecule has 11 atom stereocenters. The molecule has 0 spiro atoms. The Kier molecular flexibility index (Phi) is 14.0. The third-order valence-electron chi connectivity index (χ3n) is 12.8. The van der Waals surface area contributed by atoms with Gasteiger partial charge < -0.3 is 55.1 Å². The number of hydrogen-bond acceptors (Lipinski definition) is 15. The van der Waals surface area contributed by atoms with Crippen molar-refractivity contribution < 1.29 is 73.2 Å². The van der Waals surface area contributed by atoms with Crippen molar-refractivity contribution >= 4 is 47.3 Å². The molecule has 344 valence electrons. The van der Waals surface area contributed by atoms with E-state index in [-0.39, 0.29) is 27.3 Å². The lowest BCUT2D eigenvalue weighted by Gasteiger charge is -2.65. The Hall–Kier alpha value is -4.91. The number of halogens is 1. The number of alkyl carbamates (subject to hydrolysis) is 1. The summed E-state index contributed by atoms with van der Waals surface area (Å²) in [6, 6.07) is 10.3. The van der Waals surface area contributed by atoms with Gasteiger partial charge in [0.25, 0.3) is 5.91 Å². The van der Waals surface area contributed by atoms with Crippen LogP contribution in [-0.2, 0) is 38.1 Å². The van der Waals surface area contributed by atoms with E-state index < -0.39 is 131 Å². The number of rotatable bonds is 10. The molecular weight excluding hydrogens is 844 g/mol. The number of hydrogen-bond donors (Lipinski definition) is 7. The van der Waals surface area contributed by atoms with Crippen LogP contribution in [0.2, 0.25) is 5.02 Å². The van der Waals surface area contributed by atoms with Crippen LogP contribution in [0, 0.1) is 16.7 Å². The minimum atomic E-state index is -2.54. The van der Waals surface area contributed by atoms with Gasteiger partial charge in [-0.2, -0.15) is 0 Å². The summed E-state index contributed by atoms with van der Waals surface area (Å²) in [4.78, 5) is 83.1. The molecule has 3 aliphatic rings. The van der Waals surface area contributed by atoms with Gasteiger partial charge in [-0.25, -0.2) is 9.59 Å². The predicted molar refractivity (Wildman–Crippen MR) is 224 cm³/mol. The maximum atomic E-state index is 15.5. The number of fused-ring (bicyclic) bond motifs is 3. The molecule has 0 aromatic heterocycles. The number of amides is 2. The minimum absolute atomic E-state index is 0.0472. The van der Waals surface area contributed by atoms with Gasteiger partial charge in [0.15, 0.2) is 23.6 Å². The summed E-state index contributed by atoms with van der Waals surface area (Å²) < 4.78 is 23.0. The van der Waals surface area contributed by atoms with E-state index in [1.54, 1.807) is 51.1 Å². The zero-order valence-corrected chi connectivity index (χ0v) is 37.4. The number of carbonyl (C=O) groups is 6. The van der Waals surface area contributed by atoms with Gasteiger partial charge in [-0.3, -0.25) is 19.2 Å². The van der Waals surface area contributed by atoms with Crippen molar-refractivity contribution in [3.63, 3.8) is 0 Å². The Bertz CT molecular complexity index is 2160. The SMILES string of the molecule is CC(=O)O[C@H]1C(=O)[C@@]2(C)[C@H]([C@H](NC(=O)c3cccc(Cl)c3)[C@]3(O)C[C@H](OC(=O)[C@H](O)[C@@H](NC(=O)OC(C)(C)C)c4ccccc4)C(C)=C1C3(C)C)[C@@](CO)(OC(C)=O)[C@@H](O)C[C@@H]2O. The fraction of sp³-hybridized carbons (Fsp3) is 0.556. The Morgan fingerprint density at radius 2 is 1.57 bits per heavy atom. The first-order valence-corrected chi connectivity index (χ1v) is 20.8. The van der Waals surface area contributed by atoms with Crippen molar-refractivity contribution in [3.8, 4) is 0 Å². The molecule has 5 rings (SSSR count). The van der Waals surface area contributed by atoms with Crippen LogP contribution >= 0.6 is 11.6 Å². The third-order valence-corrected chi connectivity index (χ3v) is 13.0. The Morgan fingerprint density at radius 3 is 2.13 bits per heavy atom. The maximum absolute atomic E-state index is 15.5. The van der Waals surface area contributed by atoms with Gasteiger partial charge in [-0.1, -0.05) is 61.8 Å². The van der Waals surface area contributed by atoms with Crippen molar-refractivity contribution in [1.82, 2.24) is 10.6 Å². The molecule has 2 aromatic rings. The highest BCUT2D eigenvalue weighted by Crippen LogP contribution is 2.62. The molecule has 2 aromatic carbocycles. The number of nitrogens with one attached hydrogen (secondary N) is 2. The number of carbonyl (C=O) groups excluding carboxylic acids is 6. The number of ether oxygens (including phenoxy) is 4. The molecular formula is C45H57ClN2O15. The normalized spacial score (nSPS) is 31.2. The van der Waals surface area contributed by atoms with Crippen molar-refractivity contribution in [2.45, 2.75) is 135 Å². The molecule has 0 saturated heterocycles. The summed E-state index contributed by atoms with van der Waals surface area (Å²) in [5.74, 6) is -7.22. The first kappa shape index (κ1) is 49.1. The molecule has 2 bridgehead atoms. The predicted octanol–water partition coefficient (Wildman–Crippen LogP) is 3.01. The van der Waals surface area contributed by atoms with Gasteiger partial charge in [-0.05, 0) is 69.5 Å². The Balaban J connectivity index is 1.77. The van der Waals surface area contributed by atoms with Crippen molar-refractivity contribution in [3.05, 3.63) is 81.9 Å². The minimum Gasteiger partial charge on any atom is -0.456 e. The second-order valence-corrected chi connectivity index (χ2v) is 18.7. The summed E-state index contributed by atoms with van der Waals surface area (Å²) in [7, 11) is 0. The standard InChI is InChI=1S/C45H57ClN2O15/c1-22-28(61-39(57)33(54)32(25-14-11-10-12-15-25)47-40(58)63-41(4,5)6)20-45(59)36(48-38(56)26-16-13-17-27(46)18-26)35-43(9,29(52)19-30(53)44(35,21-49)62-24(3)51)37(55)34(60-23(2)50)31(22)42(45,7)8/h10-18,28-30,32-36,49,52-54,59H,19-21H2,1-9H3,(H,47,58)(H,48,56)/t28-,29-,30-,32-,33+,34+,35-,36-,43+,44-,45+/m0/s1. The molecule has 0 radical (unpaired) electrons. The number of esters is 3. The lowest BCUT2D eigenvalue weighted by Crippen LogP contribution is -2.80. The fourth-order valence-corrected chi connectivity index (χ4v) is 9.93. The molecule has 2 amide bonds. The van der Waals surface area contributed by atoms with Crippen LogP contribution in [0.25, 0.3) is 0 Å². The zero-order valence-electron chi connectivity index (χ0n) is 36.6. The molecule has 17 nitrogen and oxygen atoms in total. The quantitative estimate of drug-likeness (QED) is 0.103. The number of aliphatic hydroxyl groups is 5. The highest BCUT2D eigenvalue weighted by molar-refractivity contribution is 6.31. The molecule has 2 fully saturated rings. The molecule has 0 aliphatic heterocycles. The largest absolute Gasteiger partial charge is 0.456 e. The van der Waals surface area contributed by atoms with Gasteiger partial charge in [0.05, 0.1) is 41.9 Å². The van der Waals surface area contributed by atoms with Crippen LogP contribution in [0.1, 0.15) is 97.1 Å². The summed E-state index contributed by atoms with van der Waals surface area (Å²) in [5.41, 5.74) is -9.92. The van der Waals surface area contributed by atoms with Crippen LogP contribution in [0.4, 0.5) is 4.79 Å². The van der Waals surface area contributed by atoms with Gasteiger partial charge in [0.2, 0.25) is 0 Å². The van der Waals surface area contributed by atoms with E-state index in [4.69, 9.17) is 30.5 Å². The molecule has 7 N–H and O–H groups in total. The number of benzene rings is 2. The maximum Gasteiger partial charge on any atom is 0.408 e. The lowest BCUT2D eigenvalue weighted by molar-refractivity contribution is -0.267. The topological polar surface area (TPSA) is 265 Å². The molecule has 3 aliphatic carbocycles. The van der Waals surface area contributed by atoms with E-state index in [1.165, 1.54) is 52.0 Å². The van der Waals surface area contributed by atoms with Gasteiger partial charge >= 0.3 is 24.0 Å². The van der Waals surface area contributed by atoms with Crippen LogP contribution in [0.5, 0.6) is 0 Å². The van der Waals surface area contributed by atoms with Crippen molar-refractivity contribution in [2.24, 2.45) is 16.7 Å². The van der Waals surface area contributed by atoms with E-state index in [9.17, 15) is 49.5 Å². The summed E-state index contributed by atoms with van der Waals surface area (Å²) in [5, 5.41) is 65.8. The van der Waals surface area contributed by atoms with Gasteiger partial charge in [-0.15, -0.1) is 0 Å². The van der Waals surface area contributed by atoms with Crippen LogP contribution in [0.15, 0.2) is 65.7 Å². The van der Waals surface area contributed by atoms with E-state index in [1.807, 2.05) is 0 Å². The average molecular weight is 901 g/mol.